The molecule has 0 unspecified atom stereocenters. The lowest BCUT2D eigenvalue weighted by Gasteiger charge is -2.22. The van der Waals surface area contributed by atoms with Crippen LogP contribution in [0, 0.1) is 0 Å². The van der Waals surface area contributed by atoms with Crippen molar-refractivity contribution in [1.82, 2.24) is 9.55 Å². The van der Waals surface area contributed by atoms with Crippen LogP contribution < -0.4 is 5.73 Å². The maximum atomic E-state index is 5.66. The van der Waals surface area contributed by atoms with Crippen LogP contribution >= 0.6 is 0 Å². The molecule has 2 rings (SSSR count). The smallest absolute Gasteiger partial charge is 0.110 e. The Hall–Kier alpha value is -0.830. The lowest BCUT2D eigenvalue weighted by atomic mass is 9.89. The maximum absolute atomic E-state index is 5.66. The van der Waals surface area contributed by atoms with Gasteiger partial charge in [0.1, 0.15) is 5.82 Å². The zero-order valence-electron chi connectivity index (χ0n) is 10.7. The molecule has 3 nitrogen and oxygen atoms in total. The summed E-state index contributed by atoms with van der Waals surface area (Å²) in [5.41, 5.74) is 8.56. The van der Waals surface area contributed by atoms with E-state index in [0.717, 1.165) is 13.0 Å². The van der Waals surface area contributed by atoms with E-state index in [4.69, 9.17) is 10.7 Å². The summed E-state index contributed by atoms with van der Waals surface area (Å²) >= 11 is 0. The van der Waals surface area contributed by atoms with Crippen molar-refractivity contribution in [1.29, 1.82) is 0 Å². The Kier molecular flexibility index (Phi) is 3.06. The Bertz CT molecular complexity index is 371. The van der Waals surface area contributed by atoms with Crippen LogP contribution in [0.4, 0.5) is 0 Å². The first-order chi connectivity index (χ1) is 7.54. The van der Waals surface area contributed by atoms with Gasteiger partial charge in [0.25, 0.3) is 0 Å². The molecule has 0 fully saturated rings. The topological polar surface area (TPSA) is 43.8 Å². The molecule has 0 radical (unpaired) electrons. The first-order valence-corrected chi connectivity index (χ1v) is 6.33. The van der Waals surface area contributed by atoms with Gasteiger partial charge in [-0.2, -0.15) is 0 Å². The molecule has 0 aromatic carbocycles. The van der Waals surface area contributed by atoms with Crippen molar-refractivity contribution in [2.24, 2.45) is 5.73 Å². The number of hydrogen-bond acceptors (Lipinski definition) is 2. The summed E-state index contributed by atoms with van der Waals surface area (Å²) in [6.07, 6.45) is 4.68. The van der Waals surface area contributed by atoms with Gasteiger partial charge in [-0.05, 0) is 25.8 Å². The second-order valence-electron chi connectivity index (χ2n) is 5.72. The Labute approximate surface area is 98.1 Å². The zero-order chi connectivity index (χ0) is 11.8. The SMILES string of the molecule is CC(C)(C)c1nc(CCN)n2c1CCCC2. The van der Waals surface area contributed by atoms with Crippen LogP contribution in [0.15, 0.2) is 0 Å². The molecule has 16 heavy (non-hydrogen) atoms. The van der Waals surface area contributed by atoms with Gasteiger partial charge in [0.05, 0.1) is 5.69 Å². The molecule has 0 bridgehead atoms. The average Bonchev–Trinajstić information content (AvgIpc) is 2.58. The van der Waals surface area contributed by atoms with Gasteiger partial charge in [0, 0.05) is 24.1 Å². The van der Waals surface area contributed by atoms with E-state index in [0.29, 0.717) is 6.54 Å². The molecule has 1 aromatic heterocycles. The van der Waals surface area contributed by atoms with Crippen LogP contribution in [0.5, 0.6) is 0 Å². The van der Waals surface area contributed by atoms with Gasteiger partial charge < -0.3 is 10.3 Å². The predicted molar refractivity (Wildman–Crippen MR) is 66.6 cm³/mol. The molecule has 0 atom stereocenters. The summed E-state index contributed by atoms with van der Waals surface area (Å²) in [6.45, 7) is 8.57. The third kappa shape index (κ3) is 2.01. The van der Waals surface area contributed by atoms with E-state index < -0.39 is 0 Å². The Balaban J connectivity index is 2.46. The van der Waals surface area contributed by atoms with Gasteiger partial charge >= 0.3 is 0 Å². The average molecular weight is 221 g/mol. The normalized spacial score (nSPS) is 16.2. The molecule has 0 saturated heterocycles. The van der Waals surface area contributed by atoms with Crippen molar-refractivity contribution < 1.29 is 0 Å². The second-order valence-corrected chi connectivity index (χ2v) is 5.72. The first-order valence-electron chi connectivity index (χ1n) is 6.33. The van der Waals surface area contributed by atoms with Gasteiger partial charge in [-0.1, -0.05) is 20.8 Å². The number of fused-ring (bicyclic) bond motifs is 1. The monoisotopic (exact) mass is 221 g/mol. The van der Waals surface area contributed by atoms with Gasteiger partial charge in [0.15, 0.2) is 0 Å². The Morgan fingerprint density at radius 1 is 1.31 bits per heavy atom. The van der Waals surface area contributed by atoms with Crippen LogP contribution in [-0.2, 0) is 24.8 Å². The maximum Gasteiger partial charge on any atom is 0.110 e. The van der Waals surface area contributed by atoms with Gasteiger partial charge in [-0.25, -0.2) is 4.98 Å². The van der Waals surface area contributed by atoms with E-state index in [1.54, 1.807) is 0 Å². The summed E-state index contributed by atoms with van der Waals surface area (Å²) in [4.78, 5) is 4.84. The fourth-order valence-corrected chi connectivity index (χ4v) is 2.54. The summed E-state index contributed by atoms with van der Waals surface area (Å²) < 4.78 is 2.41. The highest BCUT2D eigenvalue weighted by Crippen LogP contribution is 2.29. The number of nitrogens with two attached hydrogens (primary N) is 1. The van der Waals surface area contributed by atoms with Crippen LogP contribution in [0.2, 0.25) is 0 Å². The number of hydrogen-bond donors (Lipinski definition) is 1. The third-order valence-corrected chi connectivity index (χ3v) is 3.28. The molecule has 1 aliphatic rings. The molecular weight excluding hydrogens is 198 g/mol. The highest BCUT2D eigenvalue weighted by atomic mass is 15.1. The minimum atomic E-state index is 0.154. The molecule has 2 heterocycles. The van der Waals surface area contributed by atoms with Crippen molar-refractivity contribution >= 4 is 0 Å². The number of rotatable bonds is 2. The van der Waals surface area contributed by atoms with Gasteiger partial charge in [0.2, 0.25) is 0 Å². The second kappa shape index (κ2) is 4.21. The van der Waals surface area contributed by atoms with Crippen molar-refractivity contribution in [2.75, 3.05) is 6.54 Å². The van der Waals surface area contributed by atoms with Gasteiger partial charge in [-0.3, -0.25) is 0 Å². The molecule has 1 aromatic rings. The highest BCUT2D eigenvalue weighted by Gasteiger charge is 2.26. The van der Waals surface area contributed by atoms with E-state index in [9.17, 15) is 0 Å². The molecule has 0 spiro atoms. The van der Waals surface area contributed by atoms with E-state index in [2.05, 4.69) is 25.3 Å². The van der Waals surface area contributed by atoms with Crippen LogP contribution in [0.1, 0.15) is 50.8 Å². The standard InChI is InChI=1S/C13H23N3/c1-13(2,3)12-10-6-4-5-9-16(10)11(15-12)7-8-14/h4-9,14H2,1-3H3. The van der Waals surface area contributed by atoms with Gasteiger partial charge in [-0.15, -0.1) is 0 Å². The fraction of sp³-hybridized carbons (Fsp3) is 0.769. The number of nitrogens with zero attached hydrogens (tertiary/aromatic N) is 2. The minimum Gasteiger partial charge on any atom is -0.332 e. The van der Waals surface area contributed by atoms with E-state index in [-0.39, 0.29) is 5.41 Å². The largest absolute Gasteiger partial charge is 0.332 e. The summed E-state index contributed by atoms with van der Waals surface area (Å²) in [5, 5.41) is 0. The quantitative estimate of drug-likeness (QED) is 0.830. The molecular formula is C13H23N3. The first kappa shape index (κ1) is 11.6. The van der Waals surface area contributed by atoms with Crippen molar-refractivity contribution in [3.63, 3.8) is 0 Å². The fourth-order valence-electron chi connectivity index (χ4n) is 2.54. The minimum absolute atomic E-state index is 0.154. The number of imidazole rings is 1. The Morgan fingerprint density at radius 2 is 2.06 bits per heavy atom. The lowest BCUT2D eigenvalue weighted by molar-refractivity contribution is 0.499. The molecule has 0 saturated carbocycles. The van der Waals surface area contributed by atoms with Crippen molar-refractivity contribution in [2.45, 2.75) is 58.4 Å². The summed E-state index contributed by atoms with van der Waals surface area (Å²) in [7, 11) is 0. The summed E-state index contributed by atoms with van der Waals surface area (Å²) in [6, 6.07) is 0. The molecule has 0 amide bonds. The van der Waals surface area contributed by atoms with Crippen LogP contribution in [-0.4, -0.2) is 16.1 Å². The Morgan fingerprint density at radius 3 is 2.69 bits per heavy atom. The molecule has 1 aliphatic heterocycles. The molecule has 90 valence electrons. The summed E-state index contributed by atoms with van der Waals surface area (Å²) in [5.74, 6) is 1.20. The highest BCUT2D eigenvalue weighted by molar-refractivity contribution is 5.25. The molecule has 2 N–H and O–H groups in total. The van der Waals surface area contributed by atoms with E-state index >= 15 is 0 Å². The van der Waals surface area contributed by atoms with Crippen LogP contribution in [0.3, 0.4) is 0 Å². The number of aromatic nitrogens is 2. The van der Waals surface area contributed by atoms with Crippen molar-refractivity contribution in [3.8, 4) is 0 Å². The van der Waals surface area contributed by atoms with E-state index in [1.807, 2.05) is 0 Å². The lowest BCUT2D eigenvalue weighted by Crippen LogP contribution is -2.18. The molecule has 3 heteroatoms. The predicted octanol–water partition coefficient (Wildman–Crippen LogP) is 2.02. The molecule has 0 aliphatic carbocycles. The van der Waals surface area contributed by atoms with E-state index in [1.165, 1.54) is 36.5 Å². The third-order valence-electron chi connectivity index (χ3n) is 3.28. The van der Waals surface area contributed by atoms with Crippen LogP contribution in [0.25, 0.3) is 0 Å². The van der Waals surface area contributed by atoms with Crippen molar-refractivity contribution in [3.05, 3.63) is 17.2 Å². The zero-order valence-corrected chi connectivity index (χ0v) is 10.7.